The average molecular weight is 664 g/mol. The molecule has 2 aromatic rings. The van der Waals surface area contributed by atoms with Crippen molar-refractivity contribution >= 4 is 11.8 Å². The summed E-state index contributed by atoms with van der Waals surface area (Å²) in [4.78, 5) is 14.7. The number of nitrogens with zero attached hydrogens (tertiary/aromatic N) is 4. The summed E-state index contributed by atoms with van der Waals surface area (Å²) in [5.41, 5.74) is 14.1. The molecule has 4 heterocycles. The molecule has 4 nitrogen and oxygen atoms in total. The summed E-state index contributed by atoms with van der Waals surface area (Å²) in [5.74, 6) is 0. The number of aliphatic imine (C=N–C) groups is 1. The molecule has 0 N–H and O–H groups in total. The third-order valence-corrected chi connectivity index (χ3v) is 7.89. The third-order valence-electron chi connectivity index (χ3n) is 7.89. The van der Waals surface area contributed by atoms with Crippen LogP contribution in [0, 0.1) is 0 Å². The molecule has 0 radical (unpaired) electrons. The van der Waals surface area contributed by atoms with Crippen LogP contribution in [0.3, 0.4) is 0 Å². The minimum absolute atomic E-state index is 0. The van der Waals surface area contributed by atoms with E-state index < -0.39 is 0 Å². The van der Waals surface area contributed by atoms with E-state index in [2.05, 4.69) is 71.7 Å². The molecule has 5 heteroatoms. The Labute approximate surface area is 232 Å². The molecule has 2 atom stereocenters. The maximum absolute atomic E-state index is 5.24. The minimum Gasteiger partial charge on any atom is -0.678 e. The number of hydrogen-bond acceptors (Lipinski definition) is 2. The van der Waals surface area contributed by atoms with Gasteiger partial charge in [-0.15, -0.1) is 11.4 Å². The standard InChI is InChI=1S/C31H40N4.Pt/c1-8-23-24(9-2)30(34-28(23)16-22-14-12-13-15-32-22)18-31-26(11-4)25(10-3)29(35-31)17-27-20(6)19(5)21(7)33-27;/h12-15,18,27-28H,8-11,16-17H2,1-7H3;/q-2;+2/b30-18-;. The molecule has 0 saturated carbocycles. The minimum atomic E-state index is 0. The van der Waals surface area contributed by atoms with E-state index in [1.165, 1.54) is 44.8 Å². The van der Waals surface area contributed by atoms with Crippen molar-refractivity contribution in [3.63, 3.8) is 0 Å². The largest absolute Gasteiger partial charge is 2.00 e. The summed E-state index contributed by atoms with van der Waals surface area (Å²) >= 11 is 0. The van der Waals surface area contributed by atoms with E-state index in [1.54, 1.807) is 0 Å². The zero-order chi connectivity index (χ0) is 25.1. The van der Waals surface area contributed by atoms with E-state index in [9.17, 15) is 0 Å². The number of pyridine rings is 1. The van der Waals surface area contributed by atoms with Gasteiger partial charge in [0.05, 0.1) is 6.04 Å². The second-order valence-corrected chi connectivity index (χ2v) is 9.76. The van der Waals surface area contributed by atoms with E-state index in [1.807, 2.05) is 12.3 Å². The maximum Gasteiger partial charge on any atom is 2.00 e. The van der Waals surface area contributed by atoms with Crippen LogP contribution in [0.15, 0.2) is 57.4 Å². The first-order valence-electron chi connectivity index (χ1n) is 13.4. The molecule has 2 aliphatic rings. The maximum atomic E-state index is 5.24. The van der Waals surface area contributed by atoms with Crippen molar-refractivity contribution in [3.8, 4) is 0 Å². The molecule has 0 saturated heterocycles. The molecule has 0 amide bonds. The van der Waals surface area contributed by atoms with Crippen molar-refractivity contribution in [2.75, 3.05) is 0 Å². The van der Waals surface area contributed by atoms with Crippen LogP contribution < -0.4 is 4.98 Å². The summed E-state index contributed by atoms with van der Waals surface area (Å²) in [7, 11) is 0. The molecule has 2 aromatic heterocycles. The van der Waals surface area contributed by atoms with Gasteiger partial charge in [0.1, 0.15) is 0 Å². The van der Waals surface area contributed by atoms with Gasteiger partial charge in [-0.2, -0.15) is 5.69 Å². The van der Waals surface area contributed by atoms with Crippen molar-refractivity contribution in [2.45, 2.75) is 99.1 Å². The van der Waals surface area contributed by atoms with E-state index in [4.69, 9.17) is 15.3 Å². The Hall–Kier alpha value is -2.19. The molecule has 0 fully saturated rings. The first kappa shape index (κ1) is 28.4. The van der Waals surface area contributed by atoms with E-state index in [-0.39, 0.29) is 33.1 Å². The zero-order valence-corrected chi connectivity index (χ0v) is 25.2. The van der Waals surface area contributed by atoms with E-state index >= 15 is 0 Å². The summed E-state index contributed by atoms with van der Waals surface area (Å²) in [5, 5.41) is 5.24. The van der Waals surface area contributed by atoms with Gasteiger partial charge in [-0.25, -0.2) is 0 Å². The molecule has 0 aromatic carbocycles. The van der Waals surface area contributed by atoms with Gasteiger partial charge in [0.15, 0.2) is 0 Å². The van der Waals surface area contributed by atoms with Crippen LogP contribution in [0.4, 0.5) is 0 Å². The SMILES string of the molecule is CCC1=C(CC)C(Cc2ccccn2)[N-]/C1=C\c1[n-]c(CC2N=C(C)C(C)=C2C)c(CC)c1CC.[Pt+2]. The third kappa shape index (κ3) is 5.54. The van der Waals surface area contributed by atoms with Crippen molar-refractivity contribution < 1.29 is 21.1 Å². The first-order chi connectivity index (χ1) is 16.9. The van der Waals surface area contributed by atoms with Crippen LogP contribution in [-0.4, -0.2) is 22.8 Å². The smallest absolute Gasteiger partial charge is 0.678 e. The fourth-order valence-electron chi connectivity index (χ4n) is 5.74. The summed E-state index contributed by atoms with van der Waals surface area (Å²) in [6, 6.07) is 6.54. The predicted octanol–water partition coefficient (Wildman–Crippen LogP) is 7.34. The van der Waals surface area contributed by atoms with Crippen LogP contribution in [-0.2, 0) is 46.7 Å². The van der Waals surface area contributed by atoms with Crippen molar-refractivity contribution in [2.24, 2.45) is 4.99 Å². The molecular formula is C31H40N4Pt. The van der Waals surface area contributed by atoms with Crippen LogP contribution in [0.25, 0.3) is 11.4 Å². The van der Waals surface area contributed by atoms with Gasteiger partial charge >= 0.3 is 21.1 Å². The fraction of sp³-hybridized carbons (Fsp3) is 0.484. The molecule has 2 aliphatic heterocycles. The second kappa shape index (κ2) is 12.4. The van der Waals surface area contributed by atoms with E-state index in [0.29, 0.717) is 0 Å². The Kier molecular flexibility index (Phi) is 9.75. The monoisotopic (exact) mass is 663 g/mol. The van der Waals surface area contributed by atoms with Gasteiger partial charge in [-0.1, -0.05) is 68.2 Å². The molecule has 0 spiro atoms. The van der Waals surface area contributed by atoms with Crippen LogP contribution >= 0.6 is 0 Å². The first-order valence-corrected chi connectivity index (χ1v) is 13.4. The van der Waals surface area contributed by atoms with Crippen LogP contribution in [0.1, 0.15) is 89.5 Å². The van der Waals surface area contributed by atoms with Gasteiger partial charge in [0.2, 0.25) is 0 Å². The Morgan fingerprint density at radius 2 is 1.67 bits per heavy atom. The fourth-order valence-corrected chi connectivity index (χ4v) is 5.74. The number of hydrogen-bond donors (Lipinski definition) is 0. The Morgan fingerprint density at radius 1 is 0.917 bits per heavy atom. The quantitative estimate of drug-likeness (QED) is 0.282. The summed E-state index contributed by atoms with van der Waals surface area (Å²) in [6.45, 7) is 15.5. The average Bonchev–Trinajstić information content (AvgIpc) is 3.46. The Bertz CT molecular complexity index is 1200. The van der Waals surface area contributed by atoms with Crippen molar-refractivity contribution in [3.05, 3.63) is 85.9 Å². The van der Waals surface area contributed by atoms with Gasteiger partial charge in [0.25, 0.3) is 0 Å². The Balaban J connectivity index is 0.00000361. The second-order valence-electron chi connectivity index (χ2n) is 9.76. The molecule has 4 rings (SSSR count). The number of aromatic nitrogens is 2. The number of allylic oxidation sites excluding steroid dienone is 2. The normalized spacial score (nSPS) is 20.8. The van der Waals surface area contributed by atoms with Crippen molar-refractivity contribution in [1.29, 1.82) is 0 Å². The molecule has 194 valence electrons. The predicted molar refractivity (Wildman–Crippen MR) is 148 cm³/mol. The topological polar surface area (TPSA) is 53.5 Å². The van der Waals surface area contributed by atoms with Gasteiger partial charge in [-0.05, 0) is 82.6 Å². The molecule has 36 heavy (non-hydrogen) atoms. The summed E-state index contributed by atoms with van der Waals surface area (Å²) in [6.07, 6.45) is 9.89. The van der Waals surface area contributed by atoms with Crippen LogP contribution in [0.5, 0.6) is 0 Å². The number of rotatable bonds is 9. The summed E-state index contributed by atoms with van der Waals surface area (Å²) < 4.78 is 0. The molecule has 2 unspecified atom stereocenters. The molecule has 0 aliphatic carbocycles. The van der Waals surface area contributed by atoms with Crippen molar-refractivity contribution in [1.82, 2.24) is 9.97 Å². The van der Waals surface area contributed by atoms with Gasteiger partial charge in [0, 0.05) is 17.6 Å². The van der Waals surface area contributed by atoms with Gasteiger partial charge in [-0.3, -0.25) is 9.98 Å². The van der Waals surface area contributed by atoms with E-state index in [0.717, 1.165) is 55.6 Å². The molecule has 0 bridgehead atoms. The van der Waals surface area contributed by atoms with Crippen LogP contribution in [0.2, 0.25) is 0 Å². The zero-order valence-electron chi connectivity index (χ0n) is 22.9. The van der Waals surface area contributed by atoms with Gasteiger partial charge < -0.3 is 10.3 Å². The Morgan fingerprint density at radius 3 is 2.22 bits per heavy atom. The molecular weight excluding hydrogens is 623 g/mol.